The summed E-state index contributed by atoms with van der Waals surface area (Å²) in [5.74, 6) is -0.539. The lowest BCUT2D eigenvalue weighted by atomic mass is 10.1. The van der Waals surface area contributed by atoms with Crippen molar-refractivity contribution in [3.05, 3.63) is 60.7 Å². The van der Waals surface area contributed by atoms with Gasteiger partial charge in [0.05, 0.1) is 10.6 Å². The van der Waals surface area contributed by atoms with Crippen molar-refractivity contribution in [2.45, 2.75) is 14.7 Å². The molecule has 0 saturated carbocycles. The molecule has 4 rings (SSSR count). The molecule has 0 amide bonds. The summed E-state index contributed by atoms with van der Waals surface area (Å²) in [5.41, 5.74) is -0.225. The van der Waals surface area contributed by atoms with E-state index in [1.54, 1.807) is 24.3 Å². The summed E-state index contributed by atoms with van der Waals surface area (Å²) in [6.07, 6.45) is 0. The highest BCUT2D eigenvalue weighted by Gasteiger charge is 2.24. The molecule has 0 aromatic heterocycles. The summed E-state index contributed by atoms with van der Waals surface area (Å²) in [5, 5.41) is 18.6. The molecule has 4 aromatic rings. The van der Waals surface area contributed by atoms with Gasteiger partial charge in [-0.05, 0) is 52.2 Å². The number of rotatable bonds is 5. The molecule has 0 aliphatic heterocycles. The Morgan fingerprint density at radius 3 is 2.12 bits per heavy atom. The van der Waals surface area contributed by atoms with Crippen LogP contribution in [-0.4, -0.2) is 39.8 Å². The first-order valence-electron chi connectivity index (χ1n) is 9.15. The smallest absolute Gasteiger partial charge is 0.295 e. The number of phenols is 1. The van der Waals surface area contributed by atoms with Crippen molar-refractivity contribution < 1.29 is 39.8 Å². The number of nitrogens with zero attached hydrogens (tertiary/aromatic N) is 2. The number of azo groups is 1. The van der Waals surface area contributed by atoms with E-state index in [-0.39, 0.29) is 21.4 Å². The lowest BCUT2D eigenvalue weighted by Crippen LogP contribution is -2.04. The fraction of sp³-hybridized carbons (Fsp3) is 0. The van der Waals surface area contributed by atoms with Gasteiger partial charge < -0.3 is 9.66 Å². The van der Waals surface area contributed by atoms with Crippen LogP contribution in [0.2, 0.25) is 0 Å². The zero-order valence-corrected chi connectivity index (χ0v) is 19.1. The third kappa shape index (κ3) is 4.42. The third-order valence-electron chi connectivity index (χ3n) is 4.88. The molecule has 0 aliphatic carbocycles. The first-order chi connectivity index (χ1) is 15.9. The monoisotopic (exact) mass is 521 g/mol. The minimum absolute atomic E-state index is 0.0222. The predicted octanol–water partition coefficient (Wildman–Crippen LogP) is 3.85. The van der Waals surface area contributed by atoms with Gasteiger partial charge in [-0.2, -0.15) is 16.8 Å². The van der Waals surface area contributed by atoms with E-state index in [1.807, 2.05) is 0 Å². The van der Waals surface area contributed by atoms with Crippen molar-refractivity contribution in [1.82, 2.24) is 0 Å². The van der Waals surface area contributed by atoms with Gasteiger partial charge in [0, 0.05) is 15.7 Å². The van der Waals surface area contributed by atoms with Crippen molar-refractivity contribution in [3.63, 3.8) is 0 Å². The highest BCUT2D eigenvalue weighted by Crippen LogP contribution is 2.41. The fourth-order valence-electron chi connectivity index (χ4n) is 3.42. The Labute approximate surface area is 195 Å². The van der Waals surface area contributed by atoms with Crippen LogP contribution in [0.5, 0.6) is 5.75 Å². The van der Waals surface area contributed by atoms with Crippen LogP contribution in [0.4, 0.5) is 11.4 Å². The SMILES string of the molecule is O=S([O-])c1ccc(N=Nc2c(O)ccc3cc(S(=O)(=O)O)cc(S(=O)(=O)O)c23)c2ccccc12. The number of hydrogen-bond donors (Lipinski definition) is 3. The quantitative estimate of drug-likeness (QED) is 0.199. The van der Waals surface area contributed by atoms with Crippen LogP contribution in [0, 0.1) is 0 Å². The average Bonchev–Trinajstić information content (AvgIpc) is 2.76. The van der Waals surface area contributed by atoms with Crippen molar-refractivity contribution in [3.8, 4) is 5.75 Å². The molecule has 14 heteroatoms. The van der Waals surface area contributed by atoms with E-state index in [9.17, 15) is 39.8 Å². The minimum atomic E-state index is -5.04. The lowest BCUT2D eigenvalue weighted by molar-refractivity contribution is 0.477. The van der Waals surface area contributed by atoms with Crippen LogP contribution >= 0.6 is 0 Å². The van der Waals surface area contributed by atoms with Crippen molar-refractivity contribution >= 4 is 64.2 Å². The molecule has 0 radical (unpaired) electrons. The van der Waals surface area contributed by atoms with E-state index in [0.29, 0.717) is 16.8 Å². The maximum absolute atomic E-state index is 12.0. The third-order valence-corrected chi connectivity index (χ3v) is 7.30. The second-order valence-electron chi connectivity index (χ2n) is 6.97. The summed E-state index contributed by atoms with van der Waals surface area (Å²) in [6, 6.07) is 12.8. The summed E-state index contributed by atoms with van der Waals surface area (Å²) >= 11 is -2.52. The molecule has 176 valence electrons. The van der Waals surface area contributed by atoms with Crippen LogP contribution in [0.15, 0.2) is 85.6 Å². The number of fused-ring (bicyclic) bond motifs is 2. The van der Waals surface area contributed by atoms with Gasteiger partial charge in [0.15, 0.2) is 0 Å². The Hall–Kier alpha value is -3.27. The second kappa shape index (κ2) is 8.50. The first kappa shape index (κ1) is 23.9. The topological polar surface area (TPSA) is 194 Å². The Morgan fingerprint density at radius 2 is 1.50 bits per heavy atom. The molecule has 1 atom stereocenters. The van der Waals surface area contributed by atoms with Crippen LogP contribution in [0.3, 0.4) is 0 Å². The standard InChI is InChI=1S/C20H14N2O9S3/c23-16-7-5-11-9-12(33(26,27)28)10-18(34(29,30)31)19(11)20(16)22-21-15-6-8-17(32(24)25)14-4-2-1-3-13(14)15/h1-10,23H,(H,24,25)(H,26,27,28)(H,29,30,31)/p-1. The van der Waals surface area contributed by atoms with Crippen LogP contribution in [0.25, 0.3) is 21.5 Å². The molecular formula is C20H13N2O9S3-. The average molecular weight is 522 g/mol. The zero-order chi connectivity index (χ0) is 24.8. The maximum atomic E-state index is 12.0. The van der Waals surface area contributed by atoms with Gasteiger partial charge in [-0.25, -0.2) is 0 Å². The van der Waals surface area contributed by atoms with Gasteiger partial charge in [0.2, 0.25) is 0 Å². The van der Waals surface area contributed by atoms with Gasteiger partial charge >= 0.3 is 0 Å². The molecule has 0 bridgehead atoms. The highest BCUT2D eigenvalue weighted by atomic mass is 32.2. The van der Waals surface area contributed by atoms with Crippen LogP contribution in [-0.2, 0) is 31.3 Å². The fourth-order valence-corrected chi connectivity index (χ4v) is 5.32. The molecule has 0 heterocycles. The van der Waals surface area contributed by atoms with E-state index >= 15 is 0 Å². The molecule has 1 unspecified atom stereocenters. The largest absolute Gasteiger partial charge is 0.768 e. The van der Waals surface area contributed by atoms with E-state index in [1.165, 1.54) is 18.2 Å². The molecule has 11 nitrogen and oxygen atoms in total. The zero-order valence-electron chi connectivity index (χ0n) is 16.7. The van der Waals surface area contributed by atoms with Gasteiger partial charge in [0.1, 0.15) is 16.3 Å². The Kier molecular flexibility index (Phi) is 5.97. The van der Waals surface area contributed by atoms with E-state index in [4.69, 9.17) is 0 Å². The molecule has 0 fully saturated rings. The van der Waals surface area contributed by atoms with Gasteiger partial charge in [0.25, 0.3) is 20.2 Å². The van der Waals surface area contributed by atoms with Crippen LogP contribution in [0.1, 0.15) is 0 Å². The molecular weight excluding hydrogens is 508 g/mol. The summed E-state index contributed by atoms with van der Waals surface area (Å²) in [6.45, 7) is 0. The number of phenolic OH excluding ortho intramolecular Hbond substituents is 1. The summed E-state index contributed by atoms with van der Waals surface area (Å²) in [4.78, 5) is -1.70. The highest BCUT2D eigenvalue weighted by molar-refractivity contribution is 7.86. The molecule has 0 spiro atoms. The molecule has 4 aromatic carbocycles. The number of benzene rings is 4. The van der Waals surface area contributed by atoms with Crippen molar-refractivity contribution in [1.29, 1.82) is 0 Å². The van der Waals surface area contributed by atoms with Crippen LogP contribution < -0.4 is 0 Å². The first-order valence-corrected chi connectivity index (χ1v) is 13.1. The minimum Gasteiger partial charge on any atom is -0.768 e. The second-order valence-corrected chi connectivity index (χ2v) is 10.7. The molecule has 3 N–H and O–H groups in total. The van der Waals surface area contributed by atoms with Crippen molar-refractivity contribution in [2.75, 3.05) is 0 Å². The molecule has 34 heavy (non-hydrogen) atoms. The molecule has 0 saturated heterocycles. The Bertz CT molecular complexity index is 1750. The van der Waals surface area contributed by atoms with E-state index < -0.39 is 52.5 Å². The van der Waals surface area contributed by atoms with Crippen molar-refractivity contribution in [2.24, 2.45) is 10.2 Å². The lowest BCUT2D eigenvalue weighted by Gasteiger charge is -2.11. The summed E-state index contributed by atoms with van der Waals surface area (Å²) < 4.78 is 89.2. The van der Waals surface area contributed by atoms with Gasteiger partial charge in [-0.1, -0.05) is 30.3 Å². The number of hydrogen-bond acceptors (Lipinski definition) is 9. The van der Waals surface area contributed by atoms with Gasteiger partial charge in [-0.3, -0.25) is 13.3 Å². The normalized spacial score (nSPS) is 13.6. The number of aromatic hydroxyl groups is 1. The summed E-state index contributed by atoms with van der Waals surface area (Å²) in [7, 11) is -9.87. The predicted molar refractivity (Wildman–Crippen MR) is 121 cm³/mol. The molecule has 0 aliphatic rings. The van der Waals surface area contributed by atoms with Gasteiger partial charge in [-0.15, -0.1) is 10.2 Å². The maximum Gasteiger partial charge on any atom is 0.295 e. The van der Waals surface area contributed by atoms with E-state index in [2.05, 4.69) is 10.2 Å². The Balaban J connectivity index is 2.01. The van der Waals surface area contributed by atoms with E-state index in [0.717, 1.165) is 12.1 Å². The Morgan fingerprint density at radius 1 is 0.824 bits per heavy atom.